The van der Waals surface area contributed by atoms with E-state index in [-0.39, 0.29) is 17.6 Å². The standard InChI is InChI=1S/C9H12N4O3/c10-9-11-7(5-16-9)8(15)13-3-1-12(6-14)2-4-13/h5-6H,1-4H2,(H2,10,11). The van der Waals surface area contributed by atoms with Gasteiger partial charge in [-0.25, -0.2) is 0 Å². The lowest BCUT2D eigenvalue weighted by Gasteiger charge is -2.31. The van der Waals surface area contributed by atoms with E-state index < -0.39 is 0 Å². The molecule has 2 amide bonds. The van der Waals surface area contributed by atoms with Crippen LogP contribution in [0.1, 0.15) is 10.5 Å². The second-order valence-electron chi connectivity index (χ2n) is 3.50. The van der Waals surface area contributed by atoms with E-state index in [1.165, 1.54) is 6.26 Å². The van der Waals surface area contributed by atoms with Crippen LogP contribution < -0.4 is 5.73 Å². The van der Waals surface area contributed by atoms with E-state index >= 15 is 0 Å². The molecule has 2 rings (SSSR count). The normalized spacial score (nSPS) is 16.2. The highest BCUT2D eigenvalue weighted by atomic mass is 16.4. The minimum atomic E-state index is -0.217. The first-order chi connectivity index (χ1) is 7.70. The summed E-state index contributed by atoms with van der Waals surface area (Å²) in [6.07, 6.45) is 2.03. The second kappa shape index (κ2) is 4.21. The number of piperazine rings is 1. The monoisotopic (exact) mass is 224 g/mol. The van der Waals surface area contributed by atoms with Gasteiger partial charge in [0, 0.05) is 26.2 Å². The van der Waals surface area contributed by atoms with Crippen LogP contribution in [0.15, 0.2) is 10.7 Å². The Hall–Kier alpha value is -2.05. The molecule has 1 aromatic rings. The summed E-state index contributed by atoms with van der Waals surface area (Å²) >= 11 is 0. The lowest BCUT2D eigenvalue weighted by Crippen LogP contribution is -2.48. The van der Waals surface area contributed by atoms with Crippen molar-refractivity contribution in [2.45, 2.75) is 0 Å². The first kappa shape index (κ1) is 10.5. The zero-order valence-corrected chi connectivity index (χ0v) is 8.63. The van der Waals surface area contributed by atoms with Crippen LogP contribution in [0.25, 0.3) is 0 Å². The number of nitrogens with zero attached hydrogens (tertiary/aromatic N) is 3. The molecule has 0 unspecified atom stereocenters. The molecule has 0 aliphatic carbocycles. The van der Waals surface area contributed by atoms with Crippen LogP contribution >= 0.6 is 0 Å². The SMILES string of the molecule is Nc1nc(C(=O)N2CCN(C=O)CC2)co1. The largest absolute Gasteiger partial charge is 0.431 e. The molecule has 7 nitrogen and oxygen atoms in total. The van der Waals surface area contributed by atoms with Crippen molar-refractivity contribution in [1.82, 2.24) is 14.8 Å². The zero-order valence-electron chi connectivity index (χ0n) is 8.63. The fourth-order valence-electron chi connectivity index (χ4n) is 1.58. The molecule has 0 aromatic carbocycles. The molecule has 2 heterocycles. The molecule has 0 spiro atoms. The molecule has 7 heteroatoms. The van der Waals surface area contributed by atoms with Gasteiger partial charge in [0.15, 0.2) is 5.69 Å². The van der Waals surface area contributed by atoms with Gasteiger partial charge in [0.1, 0.15) is 6.26 Å². The Kier molecular flexibility index (Phi) is 2.76. The van der Waals surface area contributed by atoms with Crippen molar-refractivity contribution in [1.29, 1.82) is 0 Å². The summed E-state index contributed by atoms with van der Waals surface area (Å²) in [4.78, 5) is 29.3. The van der Waals surface area contributed by atoms with Gasteiger partial charge in [-0.1, -0.05) is 0 Å². The Bertz CT molecular complexity index is 395. The predicted molar refractivity (Wildman–Crippen MR) is 54.5 cm³/mol. The van der Waals surface area contributed by atoms with Crippen LogP contribution in [-0.2, 0) is 4.79 Å². The highest BCUT2D eigenvalue weighted by Gasteiger charge is 2.23. The summed E-state index contributed by atoms with van der Waals surface area (Å²) in [5.41, 5.74) is 5.49. The van der Waals surface area contributed by atoms with E-state index in [0.29, 0.717) is 26.2 Å². The van der Waals surface area contributed by atoms with Gasteiger partial charge in [-0.15, -0.1) is 0 Å². The number of amides is 2. The van der Waals surface area contributed by atoms with Crippen molar-refractivity contribution in [3.05, 3.63) is 12.0 Å². The Morgan fingerprint density at radius 2 is 2.12 bits per heavy atom. The lowest BCUT2D eigenvalue weighted by molar-refractivity contribution is -0.119. The van der Waals surface area contributed by atoms with Crippen LogP contribution in [0, 0.1) is 0 Å². The molecule has 1 aliphatic rings. The molecule has 0 bridgehead atoms. The number of aromatic nitrogens is 1. The highest BCUT2D eigenvalue weighted by molar-refractivity contribution is 5.92. The Morgan fingerprint density at radius 1 is 1.44 bits per heavy atom. The van der Waals surface area contributed by atoms with Crippen molar-refractivity contribution in [3.8, 4) is 0 Å². The quantitative estimate of drug-likeness (QED) is 0.662. The molecule has 2 N–H and O–H groups in total. The number of hydrogen-bond donors (Lipinski definition) is 1. The van der Waals surface area contributed by atoms with Gasteiger partial charge < -0.3 is 20.0 Å². The van der Waals surface area contributed by atoms with Crippen molar-refractivity contribution >= 4 is 18.3 Å². The summed E-state index contributed by atoms with van der Waals surface area (Å²) < 4.78 is 4.77. The summed E-state index contributed by atoms with van der Waals surface area (Å²) in [7, 11) is 0. The van der Waals surface area contributed by atoms with E-state index in [1.807, 2.05) is 0 Å². The van der Waals surface area contributed by atoms with E-state index in [2.05, 4.69) is 4.98 Å². The molecule has 86 valence electrons. The number of nitrogen functional groups attached to an aromatic ring is 1. The number of carbonyl (C=O) groups excluding carboxylic acids is 2. The Balaban J connectivity index is 1.99. The molecule has 1 saturated heterocycles. The number of rotatable bonds is 2. The topological polar surface area (TPSA) is 92.7 Å². The highest BCUT2D eigenvalue weighted by Crippen LogP contribution is 2.09. The molecule has 1 aromatic heterocycles. The maximum absolute atomic E-state index is 11.8. The third kappa shape index (κ3) is 1.97. The number of anilines is 1. The first-order valence-electron chi connectivity index (χ1n) is 4.90. The van der Waals surface area contributed by atoms with Crippen LogP contribution in [0.4, 0.5) is 6.01 Å². The molecule has 0 radical (unpaired) electrons. The minimum absolute atomic E-state index is 0.0186. The van der Waals surface area contributed by atoms with Crippen LogP contribution in [0.3, 0.4) is 0 Å². The van der Waals surface area contributed by atoms with Gasteiger partial charge in [-0.2, -0.15) is 4.98 Å². The first-order valence-corrected chi connectivity index (χ1v) is 4.90. The van der Waals surface area contributed by atoms with Crippen LogP contribution in [0.5, 0.6) is 0 Å². The molecule has 0 atom stereocenters. The second-order valence-corrected chi connectivity index (χ2v) is 3.50. The van der Waals surface area contributed by atoms with Gasteiger partial charge in [0.05, 0.1) is 0 Å². The van der Waals surface area contributed by atoms with E-state index in [1.54, 1.807) is 9.80 Å². The zero-order chi connectivity index (χ0) is 11.5. The smallest absolute Gasteiger partial charge is 0.292 e. The summed E-state index contributed by atoms with van der Waals surface area (Å²) in [6, 6.07) is -0.0186. The van der Waals surface area contributed by atoms with Gasteiger partial charge in [0.25, 0.3) is 11.9 Å². The lowest BCUT2D eigenvalue weighted by atomic mass is 10.3. The fourth-order valence-corrected chi connectivity index (χ4v) is 1.58. The van der Waals surface area contributed by atoms with E-state index in [4.69, 9.17) is 10.2 Å². The average molecular weight is 224 g/mol. The molecule has 16 heavy (non-hydrogen) atoms. The van der Waals surface area contributed by atoms with Crippen molar-refractivity contribution in [2.24, 2.45) is 0 Å². The Morgan fingerprint density at radius 3 is 2.62 bits per heavy atom. The molecule has 1 fully saturated rings. The number of carbonyl (C=O) groups is 2. The van der Waals surface area contributed by atoms with Crippen molar-refractivity contribution in [3.63, 3.8) is 0 Å². The third-order valence-electron chi connectivity index (χ3n) is 2.49. The fraction of sp³-hybridized carbons (Fsp3) is 0.444. The molecular weight excluding hydrogens is 212 g/mol. The van der Waals surface area contributed by atoms with Crippen LogP contribution in [0.2, 0.25) is 0 Å². The summed E-state index contributed by atoms with van der Waals surface area (Å²) in [6.45, 7) is 2.10. The number of nitrogens with two attached hydrogens (primary N) is 1. The summed E-state index contributed by atoms with van der Waals surface area (Å²) in [5, 5.41) is 0. The van der Waals surface area contributed by atoms with Gasteiger partial charge in [-0.3, -0.25) is 9.59 Å². The Labute approximate surface area is 91.8 Å². The maximum atomic E-state index is 11.8. The average Bonchev–Trinajstić information content (AvgIpc) is 2.75. The van der Waals surface area contributed by atoms with Crippen LogP contribution in [-0.4, -0.2) is 53.3 Å². The molecule has 1 aliphatic heterocycles. The molecular formula is C9H12N4O3. The summed E-state index contributed by atoms with van der Waals surface area (Å²) in [5.74, 6) is -0.217. The molecule has 0 saturated carbocycles. The van der Waals surface area contributed by atoms with Crippen molar-refractivity contribution < 1.29 is 14.0 Å². The minimum Gasteiger partial charge on any atom is -0.431 e. The van der Waals surface area contributed by atoms with E-state index in [9.17, 15) is 9.59 Å². The van der Waals surface area contributed by atoms with Gasteiger partial charge in [0.2, 0.25) is 6.41 Å². The van der Waals surface area contributed by atoms with E-state index in [0.717, 1.165) is 6.41 Å². The third-order valence-corrected chi connectivity index (χ3v) is 2.49. The number of hydrogen-bond acceptors (Lipinski definition) is 5. The van der Waals surface area contributed by atoms with Crippen molar-refractivity contribution in [2.75, 3.05) is 31.9 Å². The van der Waals surface area contributed by atoms with Gasteiger partial charge >= 0.3 is 0 Å². The predicted octanol–water partition coefficient (Wildman–Crippen LogP) is -0.829. The number of oxazole rings is 1. The maximum Gasteiger partial charge on any atom is 0.292 e. The van der Waals surface area contributed by atoms with Gasteiger partial charge in [-0.05, 0) is 0 Å².